The average Bonchev–Trinajstić information content (AvgIpc) is 3.17. The topological polar surface area (TPSA) is 62.7 Å². The van der Waals surface area contributed by atoms with Crippen molar-refractivity contribution in [2.24, 2.45) is 7.05 Å². The zero-order chi connectivity index (χ0) is 17.1. The number of imidazole rings is 1. The van der Waals surface area contributed by atoms with Crippen molar-refractivity contribution in [3.05, 3.63) is 62.9 Å². The Hall–Kier alpha value is -1.60. The van der Waals surface area contributed by atoms with Crippen molar-refractivity contribution in [2.75, 3.05) is 0 Å². The normalized spacial score (nSPS) is 10.3. The van der Waals surface area contributed by atoms with E-state index in [4.69, 9.17) is 0 Å². The molecule has 0 aliphatic carbocycles. The smallest absolute Gasteiger partial charge is 0.251 e. The summed E-state index contributed by atoms with van der Waals surface area (Å²) in [5.74, 6) is 1.02. The molecule has 0 saturated heterocycles. The molecular weight excluding hydrogens is 391 g/mol. The summed E-state index contributed by atoms with van der Waals surface area (Å²) in [5, 5.41) is 3.43. The number of thiophene rings is 1. The molecule has 0 fully saturated rings. The Balaban J connectivity index is 0.00000169. The second-order valence-corrected chi connectivity index (χ2v) is 7.01. The van der Waals surface area contributed by atoms with Crippen molar-refractivity contribution >= 4 is 36.2 Å². The molecule has 3 aromatic rings. The van der Waals surface area contributed by atoms with Gasteiger partial charge >= 0.3 is 0 Å². The van der Waals surface area contributed by atoms with Gasteiger partial charge in [-0.1, -0.05) is 6.92 Å². The number of nitrogens with zero attached hydrogens (tertiary/aromatic N) is 2. The summed E-state index contributed by atoms with van der Waals surface area (Å²) < 4.78 is 2.02. The Morgan fingerprint density at radius 1 is 1.27 bits per heavy atom. The molecule has 0 aliphatic rings. The molecule has 0 saturated carbocycles. The highest BCUT2D eigenvalue weighted by Gasteiger charge is 2.09. The lowest BCUT2D eigenvalue weighted by atomic mass is 10.1. The minimum absolute atomic E-state index is 0. The van der Waals surface area contributed by atoms with E-state index in [0.717, 1.165) is 42.2 Å². The first-order valence-electron chi connectivity index (χ1n) is 8.07. The van der Waals surface area contributed by atoms with Gasteiger partial charge in [-0.25, -0.2) is 4.98 Å². The Labute approximate surface area is 169 Å². The third kappa shape index (κ3) is 4.98. The van der Waals surface area contributed by atoms with Crippen molar-refractivity contribution in [3.63, 3.8) is 0 Å². The van der Waals surface area contributed by atoms with Crippen LogP contribution in [0.1, 0.15) is 28.9 Å². The quantitative estimate of drug-likeness (QED) is 0.643. The monoisotopic (exact) mass is 414 g/mol. The molecule has 2 N–H and O–H groups in total. The summed E-state index contributed by atoms with van der Waals surface area (Å²) in [6, 6.07) is 6.29. The van der Waals surface area contributed by atoms with E-state index in [0.29, 0.717) is 0 Å². The maximum absolute atomic E-state index is 11.9. The molecule has 0 radical (unpaired) electrons. The summed E-state index contributed by atoms with van der Waals surface area (Å²) in [4.78, 5) is 21.6. The third-order valence-electron chi connectivity index (χ3n) is 4.13. The second-order valence-electron chi connectivity index (χ2n) is 5.84. The number of rotatable bonds is 6. The van der Waals surface area contributed by atoms with E-state index in [9.17, 15) is 4.79 Å². The summed E-state index contributed by atoms with van der Waals surface area (Å²) in [6.45, 7) is 5.51. The number of pyridine rings is 1. The van der Waals surface area contributed by atoms with E-state index in [-0.39, 0.29) is 30.4 Å². The molecule has 5 nitrogen and oxygen atoms in total. The SMILES string of the molecule is CCc1cc(-c2ccc(CNCc3nccn3C)s2)c(C)[nH]c1=O.Cl.Cl. The lowest BCUT2D eigenvalue weighted by molar-refractivity contribution is 0.643. The van der Waals surface area contributed by atoms with Gasteiger partial charge in [0.1, 0.15) is 5.82 Å². The number of nitrogens with one attached hydrogen (secondary N) is 2. The highest BCUT2D eigenvalue weighted by molar-refractivity contribution is 7.15. The van der Waals surface area contributed by atoms with Crippen LogP contribution in [0.2, 0.25) is 0 Å². The predicted molar refractivity (Wildman–Crippen MR) is 113 cm³/mol. The Bertz CT molecular complexity index is 901. The number of aryl methyl sites for hydroxylation is 3. The van der Waals surface area contributed by atoms with Gasteiger partial charge in [0.15, 0.2) is 0 Å². The highest BCUT2D eigenvalue weighted by atomic mass is 35.5. The molecule has 3 heterocycles. The van der Waals surface area contributed by atoms with Gasteiger partial charge in [0.05, 0.1) is 6.54 Å². The van der Waals surface area contributed by atoms with Crippen LogP contribution >= 0.6 is 36.2 Å². The van der Waals surface area contributed by atoms with Gasteiger partial charge < -0.3 is 14.9 Å². The molecule has 0 aliphatic heterocycles. The standard InChI is InChI=1S/C18H22N4OS.2ClH/c1-4-13-9-15(12(2)21-18(13)23)16-6-5-14(24-16)10-19-11-17-20-7-8-22(17)3;;/h5-9,19H,4,10-11H2,1-3H3,(H,21,23);2*1H. The van der Waals surface area contributed by atoms with Gasteiger partial charge in [-0.3, -0.25) is 4.79 Å². The summed E-state index contributed by atoms with van der Waals surface area (Å²) in [6.07, 6.45) is 4.50. The lowest BCUT2D eigenvalue weighted by Crippen LogP contribution is -2.14. The minimum Gasteiger partial charge on any atom is -0.337 e. The molecule has 8 heteroatoms. The van der Waals surface area contributed by atoms with Gasteiger partial charge in [0.2, 0.25) is 0 Å². The largest absolute Gasteiger partial charge is 0.337 e. The number of aromatic nitrogens is 3. The molecule has 0 amide bonds. The molecular formula is C18H24Cl2N4OS. The highest BCUT2D eigenvalue weighted by Crippen LogP contribution is 2.30. The third-order valence-corrected chi connectivity index (χ3v) is 5.25. The van der Waals surface area contributed by atoms with Crippen LogP contribution in [0, 0.1) is 6.92 Å². The van der Waals surface area contributed by atoms with Crippen molar-refractivity contribution in [2.45, 2.75) is 33.4 Å². The number of aromatic amines is 1. The van der Waals surface area contributed by atoms with Crippen LogP contribution in [0.15, 0.2) is 35.4 Å². The number of hydrogen-bond donors (Lipinski definition) is 2. The van der Waals surface area contributed by atoms with E-state index in [1.54, 1.807) is 11.3 Å². The van der Waals surface area contributed by atoms with Crippen LogP contribution in [-0.4, -0.2) is 14.5 Å². The Morgan fingerprint density at radius 3 is 2.69 bits per heavy atom. The fraction of sp³-hybridized carbons (Fsp3) is 0.333. The van der Waals surface area contributed by atoms with Crippen LogP contribution in [0.4, 0.5) is 0 Å². The zero-order valence-corrected chi connectivity index (χ0v) is 17.5. The van der Waals surface area contributed by atoms with Crippen LogP contribution in [0.3, 0.4) is 0 Å². The van der Waals surface area contributed by atoms with E-state index in [1.165, 1.54) is 9.75 Å². The molecule has 0 atom stereocenters. The molecule has 0 aromatic carbocycles. The molecule has 3 rings (SSSR count). The fourth-order valence-corrected chi connectivity index (χ4v) is 3.72. The summed E-state index contributed by atoms with van der Waals surface area (Å²) in [7, 11) is 2.00. The summed E-state index contributed by atoms with van der Waals surface area (Å²) >= 11 is 1.75. The lowest BCUT2D eigenvalue weighted by Gasteiger charge is -2.06. The van der Waals surface area contributed by atoms with Crippen molar-refractivity contribution in [1.29, 1.82) is 0 Å². The number of H-pyrrole nitrogens is 1. The maximum Gasteiger partial charge on any atom is 0.251 e. The van der Waals surface area contributed by atoms with Gasteiger partial charge in [-0.05, 0) is 31.5 Å². The molecule has 0 spiro atoms. The van der Waals surface area contributed by atoms with Crippen LogP contribution in [0.5, 0.6) is 0 Å². The first-order valence-corrected chi connectivity index (χ1v) is 8.89. The minimum atomic E-state index is 0. The van der Waals surface area contributed by atoms with Gasteiger partial charge in [-0.15, -0.1) is 36.2 Å². The molecule has 142 valence electrons. The first-order chi connectivity index (χ1) is 11.6. The Kier molecular flexibility index (Phi) is 8.56. The molecule has 3 aromatic heterocycles. The van der Waals surface area contributed by atoms with Crippen LogP contribution < -0.4 is 10.9 Å². The first kappa shape index (κ1) is 22.4. The summed E-state index contributed by atoms with van der Waals surface area (Å²) in [5.41, 5.74) is 2.89. The van der Waals surface area contributed by atoms with E-state index in [1.807, 2.05) is 43.9 Å². The fourth-order valence-electron chi connectivity index (χ4n) is 2.67. The van der Waals surface area contributed by atoms with Crippen molar-refractivity contribution < 1.29 is 0 Å². The second kappa shape index (κ2) is 9.92. The van der Waals surface area contributed by atoms with E-state index < -0.39 is 0 Å². The maximum atomic E-state index is 11.9. The van der Waals surface area contributed by atoms with Gasteiger partial charge in [0.25, 0.3) is 5.56 Å². The predicted octanol–water partition coefficient (Wildman–Crippen LogP) is 3.84. The molecule has 0 unspecified atom stereocenters. The van der Waals surface area contributed by atoms with Crippen LogP contribution in [-0.2, 0) is 26.6 Å². The van der Waals surface area contributed by atoms with Gasteiger partial charge in [-0.2, -0.15) is 0 Å². The number of halogens is 2. The molecule has 26 heavy (non-hydrogen) atoms. The van der Waals surface area contributed by atoms with E-state index >= 15 is 0 Å². The Morgan fingerprint density at radius 2 is 2.04 bits per heavy atom. The van der Waals surface area contributed by atoms with E-state index in [2.05, 4.69) is 27.4 Å². The van der Waals surface area contributed by atoms with Crippen molar-refractivity contribution in [1.82, 2.24) is 19.9 Å². The number of hydrogen-bond acceptors (Lipinski definition) is 4. The zero-order valence-electron chi connectivity index (χ0n) is 15.0. The van der Waals surface area contributed by atoms with Crippen LogP contribution in [0.25, 0.3) is 10.4 Å². The molecule has 0 bridgehead atoms. The van der Waals surface area contributed by atoms with Gasteiger partial charge in [0, 0.05) is 52.6 Å². The van der Waals surface area contributed by atoms with Crippen molar-refractivity contribution in [3.8, 4) is 10.4 Å². The average molecular weight is 415 g/mol.